The van der Waals surface area contributed by atoms with Gasteiger partial charge in [0.15, 0.2) is 11.6 Å². The number of carbonyl (C=O) groups excluding carboxylic acids is 5. The van der Waals surface area contributed by atoms with Gasteiger partial charge < -0.3 is 20.9 Å². The zero-order valence-corrected chi connectivity index (χ0v) is 38.9. The van der Waals surface area contributed by atoms with Gasteiger partial charge in [-0.2, -0.15) is 8.78 Å². The van der Waals surface area contributed by atoms with Crippen LogP contribution in [0.4, 0.5) is 29.7 Å². The lowest BCUT2D eigenvalue weighted by molar-refractivity contribution is -0.131. The summed E-state index contributed by atoms with van der Waals surface area (Å²) in [7, 11) is 0. The quantitative estimate of drug-likeness (QED) is 0.136. The number of Topliss-reactive ketones (excluding diaryl/α,β-unsaturated/α-hetero) is 2. The van der Waals surface area contributed by atoms with Crippen LogP contribution in [0.2, 0.25) is 0 Å². The molecule has 0 radical (unpaired) electrons. The Morgan fingerprint density at radius 1 is 0.554 bits per heavy atom. The third-order valence-electron chi connectivity index (χ3n) is 11.8. The minimum atomic E-state index is -3.16. The molecule has 2 aliphatic heterocycles. The van der Waals surface area contributed by atoms with Gasteiger partial charge in [-0.25, -0.2) is 9.59 Å². The Kier molecular flexibility index (Phi) is 17.6. The van der Waals surface area contributed by atoms with Crippen LogP contribution in [-0.2, 0) is 28.7 Å². The predicted octanol–water partition coefficient (Wildman–Crippen LogP) is 9.90. The molecule has 65 heavy (non-hydrogen) atoms. The second kappa shape index (κ2) is 22.8. The fourth-order valence-corrected chi connectivity index (χ4v) is 7.75. The van der Waals surface area contributed by atoms with Crippen LogP contribution in [0.25, 0.3) is 0 Å². The van der Waals surface area contributed by atoms with E-state index in [9.17, 15) is 32.8 Å². The number of benzene rings is 4. The molecule has 2 fully saturated rings. The maximum atomic E-state index is 13.5. The number of anilines is 2. The van der Waals surface area contributed by atoms with Crippen molar-refractivity contribution in [2.45, 2.75) is 110 Å². The molecule has 3 N–H and O–H groups in total. The summed E-state index contributed by atoms with van der Waals surface area (Å²) in [4.78, 5) is 69.3. The highest BCUT2D eigenvalue weighted by atomic mass is 19.3. The SMILES string of the molecule is CC(C)(C)c1ccc(N(Cc2ccc(C(=O)CN)cc2)C(=O)N2CCCCC2)cc1.CC(C)(C)c1ccc(N(Cc2ccc(C(=O)CNC(=O)C(F)F)cc2)C(=O)N2CCCCC2)cc1. The van der Waals surface area contributed by atoms with E-state index in [1.165, 1.54) is 17.5 Å². The summed E-state index contributed by atoms with van der Waals surface area (Å²) < 4.78 is 24.6. The van der Waals surface area contributed by atoms with E-state index in [4.69, 9.17) is 5.73 Å². The molecule has 5 amide bonds. The molecule has 6 rings (SSSR count). The average Bonchev–Trinajstić information content (AvgIpc) is 3.31. The number of urea groups is 2. The van der Waals surface area contributed by atoms with E-state index in [2.05, 4.69) is 53.7 Å². The van der Waals surface area contributed by atoms with Crippen molar-refractivity contribution in [3.63, 3.8) is 0 Å². The minimum Gasteiger partial charge on any atom is -0.344 e. The number of halogens is 2. The van der Waals surface area contributed by atoms with Gasteiger partial charge in [0.2, 0.25) is 0 Å². The van der Waals surface area contributed by atoms with Crippen LogP contribution in [0.1, 0.15) is 123 Å². The van der Waals surface area contributed by atoms with Gasteiger partial charge in [-0.15, -0.1) is 0 Å². The number of nitrogens with one attached hydrogen (secondary N) is 1. The smallest absolute Gasteiger partial charge is 0.324 e. The molecule has 0 aliphatic carbocycles. The molecule has 0 spiro atoms. The Balaban J connectivity index is 0.000000247. The highest BCUT2D eigenvalue weighted by Gasteiger charge is 2.27. The maximum Gasteiger partial charge on any atom is 0.324 e. The summed E-state index contributed by atoms with van der Waals surface area (Å²) in [5, 5.41) is 1.92. The number of hydrogen-bond acceptors (Lipinski definition) is 6. The molecule has 2 aliphatic rings. The van der Waals surface area contributed by atoms with Crippen LogP contribution < -0.4 is 20.9 Å². The number of ketones is 2. The van der Waals surface area contributed by atoms with Crippen molar-refractivity contribution >= 4 is 40.9 Å². The number of likely N-dealkylation sites (tertiary alicyclic amines) is 2. The summed E-state index contributed by atoms with van der Waals surface area (Å²) >= 11 is 0. The standard InChI is InChI=1S/C27H33F2N3O3.C25H33N3O2/c1-27(2,3)21-11-13-22(14-12-21)32(26(35)31-15-5-4-6-16-31)18-19-7-9-20(10-8-19)23(33)17-30-25(34)24(28)29;1-25(2,3)21-11-13-22(14-12-21)28(24(30)27-15-5-4-6-16-27)18-19-7-9-20(10-8-19)23(29)17-26/h7-14,24H,4-6,15-18H2,1-3H3,(H,30,34);7-14H,4-6,15-18,26H2,1-3H3. The first-order valence-electron chi connectivity index (χ1n) is 22.7. The van der Waals surface area contributed by atoms with Crippen LogP contribution in [0.3, 0.4) is 0 Å². The van der Waals surface area contributed by atoms with Gasteiger partial charge in [0.05, 0.1) is 26.2 Å². The van der Waals surface area contributed by atoms with Crippen molar-refractivity contribution in [2.75, 3.05) is 49.1 Å². The Morgan fingerprint density at radius 2 is 0.908 bits per heavy atom. The minimum absolute atomic E-state index is 0.000949. The van der Waals surface area contributed by atoms with Gasteiger partial charge in [-0.3, -0.25) is 24.2 Å². The summed E-state index contributed by atoms with van der Waals surface area (Å²) in [6, 6.07) is 30.3. The largest absolute Gasteiger partial charge is 0.344 e. The van der Waals surface area contributed by atoms with Gasteiger partial charge in [0.25, 0.3) is 5.91 Å². The highest BCUT2D eigenvalue weighted by Crippen LogP contribution is 2.29. The predicted molar refractivity (Wildman–Crippen MR) is 254 cm³/mol. The van der Waals surface area contributed by atoms with Crippen molar-refractivity contribution in [2.24, 2.45) is 5.73 Å². The van der Waals surface area contributed by atoms with Crippen LogP contribution in [0.5, 0.6) is 0 Å². The first-order valence-corrected chi connectivity index (χ1v) is 22.7. The summed E-state index contributed by atoms with van der Waals surface area (Å²) in [5.74, 6) is -2.02. The first kappa shape index (κ1) is 50.1. The van der Waals surface area contributed by atoms with Crippen LogP contribution >= 0.6 is 0 Å². The zero-order chi connectivity index (χ0) is 47.3. The van der Waals surface area contributed by atoms with E-state index in [1.54, 1.807) is 41.3 Å². The van der Waals surface area contributed by atoms with Gasteiger partial charge >= 0.3 is 18.5 Å². The Bertz CT molecular complexity index is 2200. The molecular weight excluding hydrogens is 827 g/mol. The van der Waals surface area contributed by atoms with Gasteiger partial charge in [-0.05, 0) is 95.9 Å². The zero-order valence-electron chi connectivity index (χ0n) is 38.9. The second-order valence-corrected chi connectivity index (χ2v) is 18.9. The molecule has 0 unspecified atom stereocenters. The van der Waals surface area contributed by atoms with E-state index < -0.39 is 24.7 Å². The molecule has 0 aromatic heterocycles. The van der Waals surface area contributed by atoms with E-state index >= 15 is 0 Å². The third-order valence-corrected chi connectivity index (χ3v) is 11.8. The Labute approximate surface area is 383 Å². The lowest BCUT2D eigenvalue weighted by Gasteiger charge is -2.33. The molecule has 0 atom stereocenters. The van der Waals surface area contributed by atoms with Crippen LogP contribution in [0, 0.1) is 0 Å². The van der Waals surface area contributed by atoms with Gasteiger partial charge in [0, 0.05) is 48.7 Å². The molecule has 2 heterocycles. The lowest BCUT2D eigenvalue weighted by Crippen LogP contribution is -2.45. The van der Waals surface area contributed by atoms with E-state index in [0.29, 0.717) is 24.2 Å². The number of rotatable bonds is 12. The van der Waals surface area contributed by atoms with E-state index in [0.717, 1.165) is 80.8 Å². The Morgan fingerprint density at radius 3 is 1.23 bits per heavy atom. The van der Waals surface area contributed by atoms with Gasteiger partial charge in [-0.1, -0.05) is 114 Å². The normalized spacial score (nSPS) is 14.2. The van der Waals surface area contributed by atoms with Crippen LogP contribution in [0.15, 0.2) is 97.1 Å². The second-order valence-electron chi connectivity index (χ2n) is 18.9. The molecule has 13 heteroatoms. The van der Waals surface area contributed by atoms with Crippen molar-refractivity contribution in [3.05, 3.63) is 130 Å². The van der Waals surface area contributed by atoms with Gasteiger partial charge in [0.1, 0.15) is 0 Å². The molecule has 2 saturated heterocycles. The third kappa shape index (κ3) is 14.3. The van der Waals surface area contributed by atoms with E-state index in [1.807, 2.05) is 68.5 Å². The monoisotopic (exact) mass is 893 g/mol. The van der Waals surface area contributed by atoms with Crippen molar-refractivity contribution in [3.8, 4) is 0 Å². The molecule has 4 aromatic carbocycles. The maximum absolute atomic E-state index is 13.5. The fourth-order valence-electron chi connectivity index (χ4n) is 7.75. The molecule has 4 aromatic rings. The molecule has 0 bridgehead atoms. The summed E-state index contributed by atoms with van der Waals surface area (Å²) in [6.07, 6.45) is 3.23. The lowest BCUT2D eigenvalue weighted by atomic mass is 9.87. The van der Waals surface area contributed by atoms with Crippen molar-refractivity contribution < 1.29 is 32.8 Å². The number of amides is 5. The fraction of sp³-hybridized carbons (Fsp3) is 0.442. The molecule has 0 saturated carbocycles. The van der Waals surface area contributed by atoms with E-state index in [-0.39, 0.29) is 35.2 Å². The topological polar surface area (TPSA) is 136 Å². The number of nitrogens with two attached hydrogens (primary N) is 1. The summed E-state index contributed by atoms with van der Waals surface area (Å²) in [6.45, 7) is 16.3. The number of piperidine rings is 2. The molecule has 11 nitrogen and oxygen atoms in total. The summed E-state index contributed by atoms with van der Waals surface area (Å²) in [5.41, 5.74) is 12.3. The van der Waals surface area contributed by atoms with Crippen molar-refractivity contribution in [1.82, 2.24) is 15.1 Å². The number of nitrogens with zero attached hydrogens (tertiary/aromatic N) is 4. The number of hydrogen-bond donors (Lipinski definition) is 2. The number of alkyl halides is 2. The van der Waals surface area contributed by atoms with Crippen molar-refractivity contribution in [1.29, 1.82) is 0 Å². The Hall–Kier alpha value is -5.95. The first-order chi connectivity index (χ1) is 30.8. The highest BCUT2D eigenvalue weighted by molar-refractivity contribution is 6.00. The molecular formula is C52H66F2N6O5. The van der Waals surface area contributed by atoms with Crippen LogP contribution in [-0.4, -0.2) is 85.0 Å². The molecule has 348 valence electrons. The number of carbonyl (C=O) groups is 5. The average molecular weight is 893 g/mol.